The average molecular weight is 374 g/mol. The van der Waals surface area contributed by atoms with Crippen molar-refractivity contribution in [1.29, 1.82) is 0 Å². The van der Waals surface area contributed by atoms with Crippen LogP contribution in [0.5, 0.6) is 0 Å². The predicted octanol–water partition coefficient (Wildman–Crippen LogP) is 3.18. The van der Waals surface area contributed by atoms with E-state index >= 15 is 0 Å². The van der Waals surface area contributed by atoms with Crippen molar-refractivity contribution in [2.24, 2.45) is 5.92 Å². The maximum absolute atomic E-state index is 12.0. The summed E-state index contributed by atoms with van der Waals surface area (Å²) in [6, 6.07) is 4.98. The number of benzene rings is 1. The molecule has 1 aliphatic heterocycles. The van der Waals surface area contributed by atoms with E-state index in [1.54, 1.807) is 32.3 Å². The first-order valence-corrected chi connectivity index (χ1v) is 8.37. The quantitative estimate of drug-likeness (QED) is 0.832. The molecule has 1 aromatic rings. The van der Waals surface area contributed by atoms with Crippen molar-refractivity contribution in [2.45, 2.75) is 25.7 Å². The third kappa shape index (κ3) is 5.96. The molecule has 0 radical (unpaired) electrons. The number of carbonyl (C=O) groups is 2. The first-order valence-electron chi connectivity index (χ1n) is 7.99. The van der Waals surface area contributed by atoms with Gasteiger partial charge in [0.05, 0.1) is 10.6 Å². The molecule has 0 spiro atoms. The number of hydrogen-bond acceptors (Lipinski definition) is 3. The van der Waals surface area contributed by atoms with Crippen molar-refractivity contribution in [3.05, 3.63) is 28.8 Å². The van der Waals surface area contributed by atoms with E-state index in [2.05, 4.69) is 10.6 Å². The molecule has 2 N–H and O–H groups in total. The number of rotatable bonds is 5. The number of nitrogens with zero attached hydrogens (tertiary/aromatic N) is 1. The monoisotopic (exact) mass is 373 g/mol. The molecule has 24 heavy (non-hydrogen) atoms. The molecule has 5 nitrogen and oxygen atoms in total. The van der Waals surface area contributed by atoms with Gasteiger partial charge >= 0.3 is 0 Å². The largest absolute Gasteiger partial charge is 0.345 e. The summed E-state index contributed by atoms with van der Waals surface area (Å²) in [5, 5.41) is 6.53. The van der Waals surface area contributed by atoms with E-state index in [-0.39, 0.29) is 24.2 Å². The SMILES string of the molecule is CN(C)C(=O)c1ccc(NC(=O)CCC2CCNCC2)cc1Cl.Cl. The number of halogens is 2. The van der Waals surface area contributed by atoms with Crippen LogP contribution in [0.3, 0.4) is 0 Å². The molecule has 0 saturated carbocycles. The van der Waals surface area contributed by atoms with Crippen molar-refractivity contribution < 1.29 is 9.59 Å². The van der Waals surface area contributed by atoms with Gasteiger partial charge in [0.25, 0.3) is 5.91 Å². The van der Waals surface area contributed by atoms with Gasteiger partial charge < -0.3 is 15.5 Å². The van der Waals surface area contributed by atoms with E-state index < -0.39 is 0 Å². The maximum atomic E-state index is 12.0. The Kier molecular flexibility index (Phi) is 8.53. The topological polar surface area (TPSA) is 61.4 Å². The lowest BCUT2D eigenvalue weighted by Crippen LogP contribution is -2.28. The standard InChI is InChI=1S/C17H24ClN3O2.ClH/c1-21(2)17(23)14-5-4-13(11-15(14)18)20-16(22)6-3-12-7-9-19-10-8-12;/h4-5,11-12,19H,3,6-10H2,1-2H3,(H,20,22);1H. The van der Waals surface area contributed by atoms with Gasteiger partial charge in [0, 0.05) is 26.2 Å². The normalized spacial score (nSPS) is 14.6. The third-order valence-corrected chi connectivity index (χ3v) is 4.44. The summed E-state index contributed by atoms with van der Waals surface area (Å²) >= 11 is 6.14. The smallest absolute Gasteiger partial charge is 0.254 e. The summed E-state index contributed by atoms with van der Waals surface area (Å²) < 4.78 is 0. The van der Waals surface area contributed by atoms with Crippen molar-refractivity contribution in [3.8, 4) is 0 Å². The van der Waals surface area contributed by atoms with E-state index in [1.807, 2.05) is 0 Å². The van der Waals surface area contributed by atoms with E-state index in [1.165, 1.54) is 4.90 Å². The molecular weight excluding hydrogens is 349 g/mol. The van der Waals surface area contributed by atoms with Gasteiger partial charge in [0.1, 0.15) is 0 Å². The molecule has 0 aliphatic carbocycles. The highest BCUT2D eigenvalue weighted by Gasteiger charge is 2.16. The fraction of sp³-hybridized carbons (Fsp3) is 0.529. The number of carbonyl (C=O) groups excluding carboxylic acids is 2. The second kappa shape index (κ2) is 9.87. The molecule has 1 heterocycles. The van der Waals surface area contributed by atoms with Crippen LogP contribution >= 0.6 is 24.0 Å². The van der Waals surface area contributed by atoms with Crippen molar-refractivity contribution in [1.82, 2.24) is 10.2 Å². The minimum absolute atomic E-state index is 0. The maximum Gasteiger partial charge on any atom is 0.254 e. The first kappa shape index (κ1) is 20.7. The molecule has 2 amide bonds. The van der Waals surface area contributed by atoms with Gasteiger partial charge in [-0.25, -0.2) is 0 Å². The van der Waals surface area contributed by atoms with Crippen LogP contribution in [0.1, 0.15) is 36.0 Å². The van der Waals surface area contributed by atoms with E-state index in [0.717, 1.165) is 32.4 Å². The van der Waals surface area contributed by atoms with Crippen molar-refractivity contribution >= 4 is 41.5 Å². The summed E-state index contributed by atoms with van der Waals surface area (Å²) in [4.78, 5) is 25.4. The van der Waals surface area contributed by atoms with Crippen LogP contribution in [0.15, 0.2) is 18.2 Å². The van der Waals surface area contributed by atoms with Crippen LogP contribution in [-0.2, 0) is 4.79 Å². The second-order valence-electron chi connectivity index (χ2n) is 6.17. The highest BCUT2D eigenvalue weighted by Crippen LogP contribution is 2.23. The summed E-state index contributed by atoms with van der Waals surface area (Å²) in [7, 11) is 3.35. The third-order valence-electron chi connectivity index (χ3n) is 4.13. The van der Waals surface area contributed by atoms with Gasteiger partial charge in [-0.3, -0.25) is 9.59 Å². The van der Waals surface area contributed by atoms with Crippen molar-refractivity contribution in [2.75, 3.05) is 32.5 Å². The lowest BCUT2D eigenvalue weighted by molar-refractivity contribution is -0.116. The molecule has 7 heteroatoms. The first-order chi connectivity index (χ1) is 11.0. The Balaban J connectivity index is 0.00000288. The average Bonchev–Trinajstić information content (AvgIpc) is 2.53. The van der Waals surface area contributed by atoms with Gasteiger partial charge in [0.15, 0.2) is 0 Å². The predicted molar refractivity (Wildman–Crippen MR) is 100 cm³/mol. The fourth-order valence-electron chi connectivity index (χ4n) is 2.74. The minimum atomic E-state index is -0.154. The molecule has 0 unspecified atom stereocenters. The molecule has 1 fully saturated rings. The van der Waals surface area contributed by atoms with Gasteiger partial charge in [-0.15, -0.1) is 12.4 Å². The zero-order valence-electron chi connectivity index (χ0n) is 14.1. The number of amides is 2. The fourth-order valence-corrected chi connectivity index (χ4v) is 3.00. The highest BCUT2D eigenvalue weighted by atomic mass is 35.5. The van der Waals surface area contributed by atoms with Gasteiger partial charge in [-0.05, 0) is 56.5 Å². The Labute approximate surface area is 154 Å². The van der Waals surface area contributed by atoms with Crippen LogP contribution in [0, 0.1) is 5.92 Å². The minimum Gasteiger partial charge on any atom is -0.345 e. The molecule has 0 bridgehead atoms. The molecule has 2 rings (SSSR count). The molecule has 1 aromatic carbocycles. The number of anilines is 1. The zero-order chi connectivity index (χ0) is 16.8. The molecular formula is C17H25Cl2N3O2. The Hall–Kier alpha value is -1.30. The summed E-state index contributed by atoms with van der Waals surface area (Å²) in [5.41, 5.74) is 1.06. The van der Waals surface area contributed by atoms with Crippen molar-refractivity contribution in [3.63, 3.8) is 0 Å². The Bertz CT molecular complexity index is 573. The summed E-state index contributed by atoms with van der Waals surface area (Å²) in [6.07, 6.45) is 3.71. The summed E-state index contributed by atoms with van der Waals surface area (Å²) in [5.74, 6) is 0.468. The zero-order valence-corrected chi connectivity index (χ0v) is 15.7. The van der Waals surface area contributed by atoms with Crippen LogP contribution < -0.4 is 10.6 Å². The highest BCUT2D eigenvalue weighted by molar-refractivity contribution is 6.34. The Morgan fingerprint density at radius 3 is 2.54 bits per heavy atom. The van der Waals surface area contributed by atoms with Crippen LogP contribution in [0.2, 0.25) is 5.02 Å². The van der Waals surface area contributed by atoms with E-state index in [4.69, 9.17) is 11.6 Å². The van der Waals surface area contributed by atoms with E-state index in [9.17, 15) is 9.59 Å². The molecule has 1 saturated heterocycles. The molecule has 0 aromatic heterocycles. The second-order valence-corrected chi connectivity index (χ2v) is 6.58. The lowest BCUT2D eigenvalue weighted by Gasteiger charge is -2.22. The van der Waals surface area contributed by atoms with Crippen LogP contribution in [0.4, 0.5) is 5.69 Å². The van der Waals surface area contributed by atoms with Gasteiger partial charge in [0.2, 0.25) is 5.91 Å². The number of hydrogen-bond donors (Lipinski definition) is 2. The van der Waals surface area contributed by atoms with Gasteiger partial charge in [-0.1, -0.05) is 11.6 Å². The molecule has 0 atom stereocenters. The van der Waals surface area contributed by atoms with Gasteiger partial charge in [-0.2, -0.15) is 0 Å². The Morgan fingerprint density at radius 2 is 1.96 bits per heavy atom. The molecule has 1 aliphatic rings. The van der Waals surface area contributed by atoms with E-state index in [0.29, 0.717) is 28.6 Å². The van der Waals surface area contributed by atoms with Crippen LogP contribution in [0.25, 0.3) is 0 Å². The molecule has 134 valence electrons. The Morgan fingerprint density at radius 1 is 1.29 bits per heavy atom. The summed E-state index contributed by atoms with van der Waals surface area (Å²) in [6.45, 7) is 2.09. The van der Waals surface area contributed by atoms with Crippen LogP contribution in [-0.4, -0.2) is 43.9 Å². The number of nitrogens with one attached hydrogen (secondary N) is 2. The number of piperidine rings is 1. The lowest BCUT2D eigenvalue weighted by atomic mass is 9.93.